The molecule has 0 spiro atoms. The Morgan fingerprint density at radius 3 is 2.76 bits per heavy atom. The number of aryl methyl sites for hydroxylation is 2. The number of nitrogens with zero attached hydrogens (tertiary/aromatic N) is 2. The van der Waals surface area contributed by atoms with Crippen LogP contribution in [-0.4, -0.2) is 16.3 Å². The van der Waals surface area contributed by atoms with Crippen LogP contribution in [0.3, 0.4) is 0 Å². The third-order valence-corrected chi connectivity index (χ3v) is 3.19. The number of benzene rings is 1. The first-order chi connectivity index (χ1) is 8.11. The molecule has 0 fully saturated rings. The quantitative estimate of drug-likeness (QED) is 0.909. The molecule has 2 rings (SSSR count). The third kappa shape index (κ3) is 2.51. The summed E-state index contributed by atoms with van der Waals surface area (Å²) in [5.74, 6) is 0. The molecule has 2 N–H and O–H groups in total. The van der Waals surface area contributed by atoms with Crippen LogP contribution in [0.4, 0.5) is 0 Å². The fourth-order valence-corrected chi connectivity index (χ4v) is 1.99. The van der Waals surface area contributed by atoms with Crippen molar-refractivity contribution in [2.24, 2.45) is 5.73 Å². The van der Waals surface area contributed by atoms with Gasteiger partial charge in [-0.3, -0.25) is 4.68 Å². The van der Waals surface area contributed by atoms with Crippen LogP contribution in [0.15, 0.2) is 24.4 Å². The van der Waals surface area contributed by atoms with Gasteiger partial charge in [-0.25, -0.2) is 0 Å². The molecule has 0 aliphatic rings. The molecule has 0 saturated carbocycles. The standard InChI is InChI=1S/C13H16ClN3/c1-9-3-4-11(7-13(9)14)12-8-17(6-5-15)16-10(12)2/h3-4,7-8H,5-6,15H2,1-2H3. The van der Waals surface area contributed by atoms with Crippen molar-refractivity contribution in [1.82, 2.24) is 9.78 Å². The molecule has 0 amide bonds. The Morgan fingerprint density at radius 2 is 2.12 bits per heavy atom. The summed E-state index contributed by atoms with van der Waals surface area (Å²) in [5.41, 5.74) is 9.81. The molecule has 90 valence electrons. The van der Waals surface area contributed by atoms with Gasteiger partial charge in [0.05, 0.1) is 12.2 Å². The van der Waals surface area contributed by atoms with E-state index in [0.717, 1.165) is 34.0 Å². The van der Waals surface area contributed by atoms with E-state index in [1.807, 2.05) is 36.9 Å². The molecule has 0 radical (unpaired) electrons. The summed E-state index contributed by atoms with van der Waals surface area (Å²) in [6.45, 7) is 5.32. The van der Waals surface area contributed by atoms with Crippen molar-refractivity contribution < 1.29 is 0 Å². The molecule has 0 unspecified atom stereocenters. The van der Waals surface area contributed by atoms with Gasteiger partial charge in [0.15, 0.2) is 0 Å². The lowest BCUT2D eigenvalue weighted by molar-refractivity contribution is 0.620. The molecule has 0 saturated heterocycles. The van der Waals surface area contributed by atoms with Crippen LogP contribution in [0, 0.1) is 13.8 Å². The van der Waals surface area contributed by atoms with Crippen LogP contribution in [-0.2, 0) is 6.54 Å². The first-order valence-corrected chi connectivity index (χ1v) is 6.00. The number of nitrogens with two attached hydrogens (primary N) is 1. The second-order valence-electron chi connectivity index (χ2n) is 4.14. The molecule has 4 heteroatoms. The summed E-state index contributed by atoms with van der Waals surface area (Å²) in [5, 5.41) is 5.21. The summed E-state index contributed by atoms with van der Waals surface area (Å²) in [7, 11) is 0. The molecule has 3 nitrogen and oxygen atoms in total. The molecule has 0 aliphatic heterocycles. The van der Waals surface area contributed by atoms with E-state index in [1.54, 1.807) is 0 Å². The Morgan fingerprint density at radius 1 is 1.35 bits per heavy atom. The number of hydrogen-bond donors (Lipinski definition) is 1. The summed E-state index contributed by atoms with van der Waals surface area (Å²) < 4.78 is 1.87. The molecule has 0 atom stereocenters. The van der Waals surface area contributed by atoms with Gasteiger partial charge in [-0.1, -0.05) is 23.7 Å². The lowest BCUT2D eigenvalue weighted by Gasteiger charge is -2.02. The van der Waals surface area contributed by atoms with Gasteiger partial charge in [0.2, 0.25) is 0 Å². The lowest BCUT2D eigenvalue weighted by atomic mass is 10.1. The van der Waals surface area contributed by atoms with Gasteiger partial charge >= 0.3 is 0 Å². The van der Waals surface area contributed by atoms with Crippen molar-refractivity contribution in [1.29, 1.82) is 0 Å². The molecule has 17 heavy (non-hydrogen) atoms. The van der Waals surface area contributed by atoms with E-state index in [9.17, 15) is 0 Å². The summed E-state index contributed by atoms with van der Waals surface area (Å²) >= 11 is 6.14. The normalized spacial score (nSPS) is 10.8. The zero-order chi connectivity index (χ0) is 12.4. The number of aromatic nitrogens is 2. The molecule has 1 heterocycles. The second-order valence-corrected chi connectivity index (χ2v) is 4.55. The molecule has 1 aromatic carbocycles. The van der Waals surface area contributed by atoms with Crippen molar-refractivity contribution in [2.45, 2.75) is 20.4 Å². The smallest absolute Gasteiger partial charge is 0.0672 e. The predicted octanol–water partition coefficient (Wildman–Crippen LogP) is 2.78. The monoisotopic (exact) mass is 249 g/mol. The molecule has 0 bridgehead atoms. The topological polar surface area (TPSA) is 43.8 Å². The van der Waals surface area contributed by atoms with E-state index in [0.29, 0.717) is 6.54 Å². The highest BCUT2D eigenvalue weighted by Gasteiger charge is 2.08. The van der Waals surface area contributed by atoms with Crippen LogP contribution in [0.1, 0.15) is 11.3 Å². The SMILES string of the molecule is Cc1ccc(-c2cn(CCN)nc2C)cc1Cl. The van der Waals surface area contributed by atoms with Crippen LogP contribution in [0.5, 0.6) is 0 Å². The van der Waals surface area contributed by atoms with E-state index in [2.05, 4.69) is 11.2 Å². The first-order valence-electron chi connectivity index (χ1n) is 5.62. The van der Waals surface area contributed by atoms with Crippen LogP contribution in [0.25, 0.3) is 11.1 Å². The van der Waals surface area contributed by atoms with E-state index < -0.39 is 0 Å². The maximum Gasteiger partial charge on any atom is 0.0672 e. The second kappa shape index (κ2) is 4.90. The minimum atomic E-state index is 0.592. The molecular formula is C13H16ClN3. The van der Waals surface area contributed by atoms with Gasteiger partial charge in [-0.05, 0) is 31.0 Å². The van der Waals surface area contributed by atoms with Crippen molar-refractivity contribution in [2.75, 3.05) is 6.54 Å². The van der Waals surface area contributed by atoms with Crippen molar-refractivity contribution in [3.63, 3.8) is 0 Å². The maximum atomic E-state index is 6.14. The van der Waals surface area contributed by atoms with Crippen LogP contribution >= 0.6 is 11.6 Å². The minimum Gasteiger partial charge on any atom is -0.329 e. The van der Waals surface area contributed by atoms with E-state index in [1.165, 1.54) is 0 Å². The Kier molecular flexibility index (Phi) is 3.50. The fourth-order valence-electron chi connectivity index (χ4n) is 1.81. The van der Waals surface area contributed by atoms with Gasteiger partial charge in [-0.2, -0.15) is 5.10 Å². The zero-order valence-corrected chi connectivity index (χ0v) is 10.8. The van der Waals surface area contributed by atoms with E-state index in [4.69, 9.17) is 17.3 Å². The Hall–Kier alpha value is -1.32. The van der Waals surface area contributed by atoms with E-state index >= 15 is 0 Å². The van der Waals surface area contributed by atoms with Gasteiger partial charge in [0.25, 0.3) is 0 Å². The summed E-state index contributed by atoms with van der Waals surface area (Å²) in [6.07, 6.45) is 2.02. The van der Waals surface area contributed by atoms with Crippen molar-refractivity contribution >= 4 is 11.6 Å². The van der Waals surface area contributed by atoms with Gasteiger partial charge in [-0.15, -0.1) is 0 Å². The highest BCUT2D eigenvalue weighted by molar-refractivity contribution is 6.31. The molecule has 0 aliphatic carbocycles. The van der Waals surface area contributed by atoms with E-state index in [-0.39, 0.29) is 0 Å². The van der Waals surface area contributed by atoms with Gasteiger partial charge in [0.1, 0.15) is 0 Å². The predicted molar refractivity (Wildman–Crippen MR) is 71.2 cm³/mol. The Balaban J connectivity index is 2.41. The zero-order valence-electron chi connectivity index (χ0n) is 10.1. The number of hydrogen-bond acceptors (Lipinski definition) is 2. The largest absolute Gasteiger partial charge is 0.329 e. The highest BCUT2D eigenvalue weighted by atomic mass is 35.5. The summed E-state index contributed by atoms with van der Waals surface area (Å²) in [4.78, 5) is 0. The molecule has 2 aromatic rings. The minimum absolute atomic E-state index is 0.592. The number of halogens is 1. The van der Waals surface area contributed by atoms with Crippen molar-refractivity contribution in [3.8, 4) is 11.1 Å². The average Bonchev–Trinajstić information content (AvgIpc) is 2.64. The Labute approximate surface area is 106 Å². The first kappa shape index (κ1) is 12.1. The van der Waals surface area contributed by atoms with Crippen molar-refractivity contribution in [3.05, 3.63) is 40.7 Å². The van der Waals surface area contributed by atoms with Gasteiger partial charge in [0, 0.05) is 23.3 Å². The van der Waals surface area contributed by atoms with Crippen LogP contribution in [0.2, 0.25) is 5.02 Å². The average molecular weight is 250 g/mol. The number of rotatable bonds is 3. The van der Waals surface area contributed by atoms with Gasteiger partial charge < -0.3 is 5.73 Å². The molecular weight excluding hydrogens is 234 g/mol. The fraction of sp³-hybridized carbons (Fsp3) is 0.308. The summed E-state index contributed by atoms with van der Waals surface area (Å²) in [6, 6.07) is 6.07. The lowest BCUT2D eigenvalue weighted by Crippen LogP contribution is -2.10. The molecule has 1 aromatic heterocycles. The third-order valence-electron chi connectivity index (χ3n) is 2.79. The maximum absolute atomic E-state index is 6.14. The van der Waals surface area contributed by atoms with Crippen LogP contribution < -0.4 is 5.73 Å². The Bertz CT molecular complexity index is 531. The highest BCUT2D eigenvalue weighted by Crippen LogP contribution is 2.27.